The standard InChI is InChI=1S/C21H27NO4/c1-6-25-18-10-7-16(8-11-18)15(4)22-21(23)17-9-12-19(26-14(2)3)20(13-17)24-5/h7-15H,6H2,1-5H3,(H,22,23). The fourth-order valence-corrected chi connectivity index (χ4v) is 2.54. The molecule has 0 radical (unpaired) electrons. The summed E-state index contributed by atoms with van der Waals surface area (Å²) in [6.45, 7) is 8.41. The minimum atomic E-state index is -0.166. The molecular weight excluding hydrogens is 330 g/mol. The highest BCUT2D eigenvalue weighted by Crippen LogP contribution is 2.29. The van der Waals surface area contributed by atoms with E-state index in [0.29, 0.717) is 23.7 Å². The van der Waals surface area contributed by atoms with Crippen molar-refractivity contribution in [2.75, 3.05) is 13.7 Å². The number of hydrogen-bond donors (Lipinski definition) is 1. The summed E-state index contributed by atoms with van der Waals surface area (Å²) in [7, 11) is 1.56. The molecule has 0 spiro atoms. The molecule has 0 saturated carbocycles. The van der Waals surface area contributed by atoms with Crippen LogP contribution in [0.2, 0.25) is 0 Å². The fourth-order valence-electron chi connectivity index (χ4n) is 2.54. The third-order valence-corrected chi connectivity index (χ3v) is 3.83. The first-order chi connectivity index (χ1) is 12.4. The van der Waals surface area contributed by atoms with Gasteiger partial charge in [-0.2, -0.15) is 0 Å². The second-order valence-electron chi connectivity index (χ2n) is 6.23. The summed E-state index contributed by atoms with van der Waals surface area (Å²) in [5.74, 6) is 1.82. The molecule has 0 aliphatic carbocycles. The van der Waals surface area contributed by atoms with Crippen molar-refractivity contribution in [3.8, 4) is 17.2 Å². The highest BCUT2D eigenvalue weighted by Gasteiger charge is 2.15. The molecule has 0 heterocycles. The third kappa shape index (κ3) is 5.15. The third-order valence-electron chi connectivity index (χ3n) is 3.83. The van der Waals surface area contributed by atoms with Crippen LogP contribution < -0.4 is 19.5 Å². The Morgan fingerprint density at radius 2 is 1.73 bits per heavy atom. The molecule has 2 aromatic carbocycles. The smallest absolute Gasteiger partial charge is 0.251 e. The van der Waals surface area contributed by atoms with E-state index in [2.05, 4.69) is 5.32 Å². The molecule has 0 fully saturated rings. The van der Waals surface area contributed by atoms with Gasteiger partial charge in [-0.25, -0.2) is 0 Å². The van der Waals surface area contributed by atoms with Crippen LogP contribution in [0.15, 0.2) is 42.5 Å². The average Bonchev–Trinajstić information content (AvgIpc) is 2.62. The molecule has 1 amide bonds. The molecular formula is C21H27NO4. The van der Waals surface area contributed by atoms with E-state index in [1.54, 1.807) is 25.3 Å². The van der Waals surface area contributed by atoms with Gasteiger partial charge in [0, 0.05) is 5.56 Å². The van der Waals surface area contributed by atoms with Gasteiger partial charge in [0.25, 0.3) is 5.91 Å². The maximum absolute atomic E-state index is 12.6. The maximum Gasteiger partial charge on any atom is 0.251 e. The first-order valence-electron chi connectivity index (χ1n) is 8.83. The van der Waals surface area contributed by atoms with Crippen LogP contribution in [0.4, 0.5) is 0 Å². The number of carbonyl (C=O) groups is 1. The number of benzene rings is 2. The van der Waals surface area contributed by atoms with Crippen LogP contribution in [0.25, 0.3) is 0 Å². The minimum absolute atomic E-state index is 0.0308. The van der Waals surface area contributed by atoms with E-state index in [0.717, 1.165) is 11.3 Å². The van der Waals surface area contributed by atoms with E-state index in [4.69, 9.17) is 14.2 Å². The van der Waals surface area contributed by atoms with Crippen molar-refractivity contribution in [1.82, 2.24) is 5.32 Å². The normalized spacial score (nSPS) is 11.8. The lowest BCUT2D eigenvalue weighted by atomic mass is 10.1. The second kappa shape index (κ2) is 9.13. The molecule has 2 aromatic rings. The summed E-state index contributed by atoms with van der Waals surface area (Å²) in [5.41, 5.74) is 1.53. The van der Waals surface area contributed by atoms with Gasteiger partial charge in [-0.15, -0.1) is 0 Å². The molecule has 1 unspecified atom stereocenters. The van der Waals surface area contributed by atoms with Gasteiger partial charge in [0.2, 0.25) is 0 Å². The van der Waals surface area contributed by atoms with E-state index in [1.165, 1.54) is 0 Å². The van der Waals surface area contributed by atoms with Gasteiger partial charge >= 0.3 is 0 Å². The Morgan fingerprint density at radius 3 is 2.31 bits per heavy atom. The van der Waals surface area contributed by atoms with Crippen molar-refractivity contribution < 1.29 is 19.0 Å². The number of carbonyl (C=O) groups excluding carboxylic acids is 1. The van der Waals surface area contributed by atoms with Crippen LogP contribution >= 0.6 is 0 Å². The molecule has 26 heavy (non-hydrogen) atoms. The Labute approximate surface area is 155 Å². The highest BCUT2D eigenvalue weighted by molar-refractivity contribution is 5.95. The maximum atomic E-state index is 12.6. The highest BCUT2D eigenvalue weighted by atomic mass is 16.5. The molecule has 1 atom stereocenters. The Balaban J connectivity index is 2.08. The predicted octanol–water partition coefficient (Wildman–Crippen LogP) is 4.37. The Hall–Kier alpha value is -2.69. The molecule has 1 N–H and O–H groups in total. The lowest BCUT2D eigenvalue weighted by Gasteiger charge is -2.17. The number of amides is 1. The van der Waals surface area contributed by atoms with E-state index in [1.807, 2.05) is 52.0 Å². The van der Waals surface area contributed by atoms with E-state index in [-0.39, 0.29) is 18.1 Å². The van der Waals surface area contributed by atoms with Crippen molar-refractivity contribution in [2.45, 2.75) is 39.8 Å². The van der Waals surface area contributed by atoms with Crippen molar-refractivity contribution in [3.63, 3.8) is 0 Å². The van der Waals surface area contributed by atoms with Crippen LogP contribution in [-0.2, 0) is 0 Å². The number of nitrogens with one attached hydrogen (secondary N) is 1. The van der Waals surface area contributed by atoms with E-state index < -0.39 is 0 Å². The summed E-state index contributed by atoms with van der Waals surface area (Å²) in [6.07, 6.45) is 0.0308. The van der Waals surface area contributed by atoms with Gasteiger partial charge in [0.1, 0.15) is 5.75 Å². The van der Waals surface area contributed by atoms with E-state index >= 15 is 0 Å². The Bertz CT molecular complexity index is 725. The molecule has 5 nitrogen and oxygen atoms in total. The van der Waals surface area contributed by atoms with Gasteiger partial charge < -0.3 is 19.5 Å². The monoisotopic (exact) mass is 357 g/mol. The summed E-state index contributed by atoms with van der Waals surface area (Å²) < 4.78 is 16.5. The topological polar surface area (TPSA) is 56.8 Å². The van der Waals surface area contributed by atoms with Crippen molar-refractivity contribution in [2.24, 2.45) is 0 Å². The minimum Gasteiger partial charge on any atom is -0.494 e. The molecule has 0 aliphatic heterocycles. The Kier molecular flexibility index (Phi) is 6.89. The number of methoxy groups -OCH3 is 1. The molecule has 140 valence electrons. The summed E-state index contributed by atoms with van der Waals surface area (Å²) in [4.78, 5) is 12.6. The van der Waals surface area contributed by atoms with Crippen LogP contribution in [0.5, 0.6) is 17.2 Å². The van der Waals surface area contributed by atoms with Gasteiger partial charge in [-0.1, -0.05) is 12.1 Å². The van der Waals surface area contributed by atoms with E-state index in [9.17, 15) is 4.79 Å². The lowest BCUT2D eigenvalue weighted by molar-refractivity contribution is 0.0939. The quantitative estimate of drug-likeness (QED) is 0.762. The first kappa shape index (κ1) is 19.6. The van der Waals surface area contributed by atoms with Crippen molar-refractivity contribution >= 4 is 5.91 Å². The number of rotatable bonds is 8. The number of hydrogen-bond acceptors (Lipinski definition) is 4. The van der Waals surface area contributed by atoms with Crippen LogP contribution in [0.3, 0.4) is 0 Å². The zero-order valence-electron chi connectivity index (χ0n) is 16.0. The Morgan fingerprint density at radius 1 is 1.04 bits per heavy atom. The summed E-state index contributed by atoms with van der Waals surface area (Å²) in [5, 5.41) is 3.00. The fraction of sp³-hybridized carbons (Fsp3) is 0.381. The molecule has 5 heteroatoms. The second-order valence-corrected chi connectivity index (χ2v) is 6.23. The SMILES string of the molecule is CCOc1ccc(C(C)NC(=O)c2ccc(OC(C)C)c(OC)c2)cc1. The largest absolute Gasteiger partial charge is 0.494 e. The first-order valence-corrected chi connectivity index (χ1v) is 8.83. The van der Waals surface area contributed by atoms with Crippen molar-refractivity contribution in [1.29, 1.82) is 0 Å². The zero-order chi connectivity index (χ0) is 19.1. The van der Waals surface area contributed by atoms with Crippen molar-refractivity contribution in [3.05, 3.63) is 53.6 Å². The average molecular weight is 357 g/mol. The zero-order valence-corrected chi connectivity index (χ0v) is 16.0. The molecule has 0 aliphatic rings. The van der Waals surface area contributed by atoms with Gasteiger partial charge in [0.05, 0.1) is 25.9 Å². The molecule has 0 saturated heterocycles. The molecule has 0 aromatic heterocycles. The van der Waals surface area contributed by atoms with Crippen LogP contribution in [-0.4, -0.2) is 25.7 Å². The molecule has 0 bridgehead atoms. The summed E-state index contributed by atoms with van der Waals surface area (Å²) in [6, 6.07) is 12.8. The van der Waals surface area contributed by atoms with Gasteiger partial charge in [-0.3, -0.25) is 4.79 Å². The summed E-state index contributed by atoms with van der Waals surface area (Å²) >= 11 is 0. The predicted molar refractivity (Wildman–Crippen MR) is 102 cm³/mol. The van der Waals surface area contributed by atoms with Crippen LogP contribution in [0, 0.1) is 0 Å². The van der Waals surface area contributed by atoms with Crippen LogP contribution in [0.1, 0.15) is 49.7 Å². The van der Waals surface area contributed by atoms with Gasteiger partial charge in [-0.05, 0) is 63.6 Å². The molecule has 2 rings (SSSR count). The number of ether oxygens (including phenoxy) is 3. The lowest BCUT2D eigenvalue weighted by Crippen LogP contribution is -2.26. The van der Waals surface area contributed by atoms with Gasteiger partial charge in [0.15, 0.2) is 11.5 Å².